The third-order valence-corrected chi connectivity index (χ3v) is 4.23. The summed E-state index contributed by atoms with van der Waals surface area (Å²) in [7, 11) is 1.76. The molecule has 2 rings (SSSR count). The van der Waals surface area contributed by atoms with Gasteiger partial charge in [-0.1, -0.05) is 55.8 Å². The van der Waals surface area contributed by atoms with Gasteiger partial charge in [0, 0.05) is 20.0 Å². The Labute approximate surface area is 165 Å². The smallest absolute Gasteiger partial charge is 0.256 e. The second-order valence-corrected chi connectivity index (χ2v) is 6.71. The third-order valence-electron chi connectivity index (χ3n) is 4.03. The van der Waals surface area contributed by atoms with Crippen LogP contribution < -0.4 is 10.6 Å². The number of nitrogens with one attached hydrogen (secondary N) is 2. The lowest BCUT2D eigenvalue weighted by Gasteiger charge is -2.20. The lowest BCUT2D eigenvalue weighted by atomic mass is 10.1. The zero-order valence-corrected chi connectivity index (χ0v) is 16.5. The molecule has 2 aromatic carbocycles. The van der Waals surface area contributed by atoms with Crippen LogP contribution in [-0.2, 0) is 11.3 Å². The standard InChI is InChI=1S/C21H25N3O2S/c1-3-4-14-19(25)23-21(27)22-18-13-9-8-12-17(18)20(26)24(2)15-16-10-6-5-7-11-16/h5-13H,3-4,14-15H2,1-2H3,(H2,22,23,25,27). The van der Waals surface area contributed by atoms with Crippen LogP contribution in [0.2, 0.25) is 0 Å². The Kier molecular flexibility index (Phi) is 7.95. The molecule has 0 atom stereocenters. The summed E-state index contributed by atoms with van der Waals surface area (Å²) in [5.74, 6) is -0.249. The molecule has 27 heavy (non-hydrogen) atoms. The van der Waals surface area contributed by atoms with Crippen LogP contribution in [0.3, 0.4) is 0 Å². The second-order valence-electron chi connectivity index (χ2n) is 6.30. The van der Waals surface area contributed by atoms with Crippen molar-refractivity contribution >= 4 is 34.8 Å². The summed E-state index contributed by atoms with van der Waals surface area (Å²) in [6.07, 6.45) is 2.19. The summed E-state index contributed by atoms with van der Waals surface area (Å²) in [6, 6.07) is 16.9. The number of carbonyl (C=O) groups excluding carboxylic acids is 2. The molecule has 0 aliphatic rings. The molecule has 142 valence electrons. The summed E-state index contributed by atoms with van der Waals surface area (Å²) < 4.78 is 0. The van der Waals surface area contributed by atoms with Crippen LogP contribution in [0.15, 0.2) is 54.6 Å². The highest BCUT2D eigenvalue weighted by Crippen LogP contribution is 2.18. The minimum absolute atomic E-state index is 0.123. The first-order chi connectivity index (χ1) is 13.0. The van der Waals surface area contributed by atoms with E-state index in [1.807, 2.05) is 43.3 Å². The van der Waals surface area contributed by atoms with Crippen molar-refractivity contribution in [1.82, 2.24) is 10.2 Å². The van der Waals surface area contributed by atoms with Gasteiger partial charge in [-0.15, -0.1) is 0 Å². The van der Waals surface area contributed by atoms with Crippen LogP contribution >= 0.6 is 12.2 Å². The molecule has 0 saturated heterocycles. The fraction of sp³-hybridized carbons (Fsp3) is 0.286. The zero-order chi connectivity index (χ0) is 19.6. The molecule has 0 aliphatic carbocycles. The molecule has 0 bridgehead atoms. The van der Waals surface area contributed by atoms with Gasteiger partial charge in [-0.3, -0.25) is 9.59 Å². The highest BCUT2D eigenvalue weighted by atomic mass is 32.1. The predicted molar refractivity (Wildman–Crippen MR) is 113 cm³/mol. The Morgan fingerprint density at radius 2 is 1.70 bits per heavy atom. The van der Waals surface area contributed by atoms with Crippen LogP contribution in [0, 0.1) is 0 Å². The molecule has 0 spiro atoms. The average Bonchev–Trinajstić information content (AvgIpc) is 2.67. The number of amides is 2. The van der Waals surface area contributed by atoms with Gasteiger partial charge in [0.25, 0.3) is 5.91 Å². The van der Waals surface area contributed by atoms with E-state index in [0.29, 0.717) is 24.2 Å². The molecular weight excluding hydrogens is 358 g/mol. The maximum Gasteiger partial charge on any atom is 0.256 e. The second kappa shape index (κ2) is 10.4. The van der Waals surface area contributed by atoms with Gasteiger partial charge in [0.05, 0.1) is 11.3 Å². The number of unbranched alkanes of at least 4 members (excludes halogenated alkanes) is 1. The molecule has 0 heterocycles. The largest absolute Gasteiger partial charge is 0.337 e. The molecule has 0 radical (unpaired) electrons. The van der Waals surface area contributed by atoms with Gasteiger partial charge >= 0.3 is 0 Å². The molecule has 0 aromatic heterocycles. The summed E-state index contributed by atoms with van der Waals surface area (Å²) in [5.41, 5.74) is 2.13. The molecule has 2 aromatic rings. The number of para-hydroxylation sites is 1. The van der Waals surface area contributed by atoms with Crippen molar-refractivity contribution in [2.24, 2.45) is 0 Å². The number of rotatable bonds is 7. The lowest BCUT2D eigenvalue weighted by Crippen LogP contribution is -2.35. The highest BCUT2D eigenvalue weighted by Gasteiger charge is 2.17. The molecule has 0 aliphatic heterocycles. The SMILES string of the molecule is CCCCC(=O)NC(=S)Nc1ccccc1C(=O)N(C)Cc1ccccc1. The zero-order valence-electron chi connectivity index (χ0n) is 15.7. The molecule has 0 unspecified atom stereocenters. The van der Waals surface area contributed by atoms with Crippen LogP contribution in [0.25, 0.3) is 0 Å². The van der Waals surface area contributed by atoms with Crippen molar-refractivity contribution in [3.63, 3.8) is 0 Å². The summed E-state index contributed by atoms with van der Waals surface area (Å²) in [4.78, 5) is 26.3. The van der Waals surface area contributed by atoms with E-state index in [0.717, 1.165) is 18.4 Å². The Bertz CT molecular complexity index is 793. The Hall–Kier alpha value is -2.73. The maximum absolute atomic E-state index is 12.9. The number of benzene rings is 2. The van der Waals surface area contributed by atoms with E-state index in [4.69, 9.17) is 12.2 Å². The molecule has 5 nitrogen and oxygen atoms in total. The van der Waals surface area contributed by atoms with Crippen molar-refractivity contribution in [2.75, 3.05) is 12.4 Å². The van der Waals surface area contributed by atoms with Crippen molar-refractivity contribution in [2.45, 2.75) is 32.7 Å². The van der Waals surface area contributed by atoms with E-state index in [2.05, 4.69) is 10.6 Å². The molecule has 6 heteroatoms. The van der Waals surface area contributed by atoms with Gasteiger partial charge in [0.1, 0.15) is 0 Å². The van der Waals surface area contributed by atoms with Gasteiger partial charge in [0.2, 0.25) is 5.91 Å². The fourth-order valence-corrected chi connectivity index (χ4v) is 2.82. The maximum atomic E-state index is 12.9. The Balaban J connectivity index is 2.04. The molecule has 0 saturated carbocycles. The van der Waals surface area contributed by atoms with Crippen LogP contribution in [0.4, 0.5) is 5.69 Å². The van der Waals surface area contributed by atoms with Gasteiger partial charge in [-0.25, -0.2) is 0 Å². The first-order valence-corrected chi connectivity index (χ1v) is 9.41. The van der Waals surface area contributed by atoms with E-state index in [1.165, 1.54) is 0 Å². The van der Waals surface area contributed by atoms with Crippen molar-refractivity contribution in [3.8, 4) is 0 Å². The highest BCUT2D eigenvalue weighted by molar-refractivity contribution is 7.80. The topological polar surface area (TPSA) is 61.4 Å². The number of carbonyl (C=O) groups is 2. The van der Waals surface area contributed by atoms with Crippen LogP contribution in [-0.4, -0.2) is 28.9 Å². The number of anilines is 1. The number of hydrogen-bond acceptors (Lipinski definition) is 3. The van der Waals surface area contributed by atoms with Crippen molar-refractivity contribution in [3.05, 3.63) is 65.7 Å². The van der Waals surface area contributed by atoms with E-state index in [1.54, 1.807) is 30.1 Å². The number of nitrogens with zero attached hydrogens (tertiary/aromatic N) is 1. The minimum atomic E-state index is -0.126. The lowest BCUT2D eigenvalue weighted by molar-refractivity contribution is -0.119. The van der Waals surface area contributed by atoms with Crippen LogP contribution in [0.1, 0.15) is 42.1 Å². The number of thiocarbonyl (C=S) groups is 1. The van der Waals surface area contributed by atoms with Gasteiger partial charge in [0.15, 0.2) is 5.11 Å². The van der Waals surface area contributed by atoms with Gasteiger partial charge < -0.3 is 15.5 Å². The number of hydrogen-bond donors (Lipinski definition) is 2. The monoisotopic (exact) mass is 383 g/mol. The van der Waals surface area contributed by atoms with Crippen molar-refractivity contribution < 1.29 is 9.59 Å². The fourth-order valence-electron chi connectivity index (χ4n) is 2.59. The molecule has 0 fully saturated rings. The molecule has 2 N–H and O–H groups in total. The summed E-state index contributed by atoms with van der Waals surface area (Å²) in [6.45, 7) is 2.53. The molecule has 2 amide bonds. The van der Waals surface area contributed by atoms with E-state index in [-0.39, 0.29) is 16.9 Å². The minimum Gasteiger partial charge on any atom is -0.337 e. The Morgan fingerprint density at radius 1 is 1.04 bits per heavy atom. The van der Waals surface area contributed by atoms with Crippen LogP contribution in [0.5, 0.6) is 0 Å². The average molecular weight is 384 g/mol. The quantitative estimate of drug-likeness (QED) is 0.711. The van der Waals surface area contributed by atoms with Gasteiger partial charge in [-0.2, -0.15) is 0 Å². The first-order valence-electron chi connectivity index (χ1n) is 9.00. The molecular formula is C21H25N3O2S. The predicted octanol–water partition coefficient (Wildman–Crippen LogP) is 3.96. The third kappa shape index (κ3) is 6.49. The van der Waals surface area contributed by atoms with E-state index >= 15 is 0 Å². The van der Waals surface area contributed by atoms with E-state index in [9.17, 15) is 9.59 Å². The van der Waals surface area contributed by atoms with E-state index < -0.39 is 0 Å². The van der Waals surface area contributed by atoms with Crippen molar-refractivity contribution in [1.29, 1.82) is 0 Å². The normalized spacial score (nSPS) is 10.1. The van der Waals surface area contributed by atoms with Gasteiger partial charge in [-0.05, 0) is 36.3 Å². The summed E-state index contributed by atoms with van der Waals surface area (Å²) >= 11 is 5.21. The first kappa shape index (κ1) is 20.6. The summed E-state index contributed by atoms with van der Waals surface area (Å²) in [5, 5.41) is 5.82. The Morgan fingerprint density at radius 3 is 2.41 bits per heavy atom.